The number of hydrogen-bond acceptors (Lipinski definition) is 1. The van der Waals surface area contributed by atoms with Crippen molar-refractivity contribution in [2.75, 3.05) is 13.1 Å². The first-order valence-corrected chi connectivity index (χ1v) is 4.98. The predicted molar refractivity (Wildman–Crippen MR) is 49.7 cm³/mol. The minimum absolute atomic E-state index is 0.851. The number of likely N-dealkylation sites (tertiary alicyclic amines) is 1. The molecule has 1 nitrogen and oxygen atoms in total. The fourth-order valence-corrected chi connectivity index (χ4v) is 1.79. The molecule has 1 heteroatoms. The van der Waals surface area contributed by atoms with Crippen LogP contribution in [0.25, 0.3) is 0 Å². The van der Waals surface area contributed by atoms with Crippen molar-refractivity contribution >= 4 is 0 Å². The monoisotopic (exact) mass is 155 g/mol. The summed E-state index contributed by atoms with van der Waals surface area (Å²) in [6, 6.07) is 0.851. The first-order valence-electron chi connectivity index (χ1n) is 4.98. The number of hydrogen-bond donors (Lipinski definition) is 0. The van der Waals surface area contributed by atoms with Gasteiger partial charge in [0.2, 0.25) is 0 Å². The quantitative estimate of drug-likeness (QED) is 0.605. The smallest absolute Gasteiger partial charge is 0.00675 e. The Morgan fingerprint density at radius 2 is 2.27 bits per heavy atom. The minimum atomic E-state index is 0.851. The molecule has 0 spiro atoms. The van der Waals surface area contributed by atoms with Crippen LogP contribution in [0, 0.1) is 5.92 Å². The Morgan fingerprint density at radius 1 is 1.55 bits per heavy atom. The third-order valence-electron chi connectivity index (χ3n) is 2.93. The average molecular weight is 155 g/mol. The van der Waals surface area contributed by atoms with Crippen molar-refractivity contribution in [2.45, 2.75) is 46.1 Å². The van der Waals surface area contributed by atoms with E-state index in [2.05, 4.69) is 25.7 Å². The maximum absolute atomic E-state index is 2.63. The lowest BCUT2D eigenvalue weighted by molar-refractivity contribution is 0.230. The van der Waals surface area contributed by atoms with E-state index in [1.807, 2.05) is 0 Å². The zero-order valence-electron chi connectivity index (χ0n) is 8.14. The maximum atomic E-state index is 2.63. The molecule has 0 N–H and O–H groups in total. The molecule has 11 heavy (non-hydrogen) atoms. The Morgan fingerprint density at radius 3 is 2.73 bits per heavy atom. The van der Waals surface area contributed by atoms with Crippen LogP contribution in [0.2, 0.25) is 0 Å². The van der Waals surface area contributed by atoms with Gasteiger partial charge >= 0.3 is 0 Å². The molecule has 0 saturated carbocycles. The van der Waals surface area contributed by atoms with Crippen molar-refractivity contribution < 1.29 is 0 Å². The van der Waals surface area contributed by atoms with Gasteiger partial charge in [0.1, 0.15) is 0 Å². The SMILES string of the molecule is CCC(C)CN1CCCC1C. The van der Waals surface area contributed by atoms with E-state index in [1.165, 1.54) is 32.4 Å². The van der Waals surface area contributed by atoms with Gasteiger partial charge in [-0.3, -0.25) is 0 Å². The summed E-state index contributed by atoms with van der Waals surface area (Å²) in [6.07, 6.45) is 4.15. The summed E-state index contributed by atoms with van der Waals surface area (Å²) in [6.45, 7) is 9.65. The molecule has 1 aliphatic heterocycles. The molecule has 2 unspecified atom stereocenters. The van der Waals surface area contributed by atoms with Crippen molar-refractivity contribution in [1.29, 1.82) is 0 Å². The lowest BCUT2D eigenvalue weighted by atomic mass is 10.1. The molecule has 0 amide bonds. The molecule has 1 saturated heterocycles. The molecule has 0 bridgehead atoms. The third kappa shape index (κ3) is 2.48. The van der Waals surface area contributed by atoms with Crippen LogP contribution in [0.1, 0.15) is 40.0 Å². The summed E-state index contributed by atoms with van der Waals surface area (Å²) in [7, 11) is 0. The molecular formula is C10H21N. The summed E-state index contributed by atoms with van der Waals surface area (Å²) in [5, 5.41) is 0. The fraction of sp³-hybridized carbons (Fsp3) is 1.00. The molecule has 66 valence electrons. The molecule has 0 radical (unpaired) electrons. The van der Waals surface area contributed by atoms with E-state index in [0.717, 1.165) is 12.0 Å². The van der Waals surface area contributed by atoms with E-state index in [0.29, 0.717) is 0 Å². The minimum Gasteiger partial charge on any atom is -0.300 e. The highest BCUT2D eigenvalue weighted by Gasteiger charge is 2.20. The van der Waals surface area contributed by atoms with Crippen LogP contribution in [0.5, 0.6) is 0 Å². The molecule has 1 heterocycles. The van der Waals surface area contributed by atoms with Gasteiger partial charge in [0.15, 0.2) is 0 Å². The van der Waals surface area contributed by atoms with Crippen LogP contribution < -0.4 is 0 Å². The van der Waals surface area contributed by atoms with E-state index < -0.39 is 0 Å². The molecule has 0 aromatic heterocycles. The van der Waals surface area contributed by atoms with Crippen LogP contribution in [0.3, 0.4) is 0 Å². The largest absolute Gasteiger partial charge is 0.300 e. The average Bonchev–Trinajstić information content (AvgIpc) is 2.37. The Balaban J connectivity index is 2.24. The zero-order chi connectivity index (χ0) is 8.27. The van der Waals surface area contributed by atoms with Crippen LogP contribution in [-0.4, -0.2) is 24.0 Å². The summed E-state index contributed by atoms with van der Waals surface area (Å²) < 4.78 is 0. The highest BCUT2D eigenvalue weighted by Crippen LogP contribution is 2.18. The standard InChI is InChI=1S/C10H21N/c1-4-9(2)8-11-7-5-6-10(11)3/h9-10H,4-8H2,1-3H3. The number of nitrogens with zero attached hydrogens (tertiary/aromatic N) is 1. The van der Waals surface area contributed by atoms with Gasteiger partial charge in [0.05, 0.1) is 0 Å². The highest BCUT2D eigenvalue weighted by atomic mass is 15.2. The highest BCUT2D eigenvalue weighted by molar-refractivity contribution is 4.76. The summed E-state index contributed by atoms with van der Waals surface area (Å²) in [5.74, 6) is 0.885. The van der Waals surface area contributed by atoms with Crippen molar-refractivity contribution in [3.63, 3.8) is 0 Å². The molecule has 0 aliphatic carbocycles. The molecule has 2 atom stereocenters. The van der Waals surface area contributed by atoms with Crippen LogP contribution in [0.4, 0.5) is 0 Å². The van der Waals surface area contributed by atoms with Gasteiger partial charge in [-0.1, -0.05) is 20.3 Å². The number of rotatable bonds is 3. The second-order valence-electron chi connectivity index (χ2n) is 4.00. The van der Waals surface area contributed by atoms with Crippen LogP contribution in [0.15, 0.2) is 0 Å². The predicted octanol–water partition coefficient (Wildman–Crippen LogP) is 2.52. The van der Waals surface area contributed by atoms with Crippen LogP contribution >= 0.6 is 0 Å². The van der Waals surface area contributed by atoms with Gasteiger partial charge in [-0.15, -0.1) is 0 Å². The zero-order valence-corrected chi connectivity index (χ0v) is 8.14. The molecule has 1 fully saturated rings. The summed E-state index contributed by atoms with van der Waals surface area (Å²) >= 11 is 0. The van der Waals surface area contributed by atoms with E-state index in [9.17, 15) is 0 Å². The lowest BCUT2D eigenvalue weighted by Gasteiger charge is -2.23. The van der Waals surface area contributed by atoms with Crippen LogP contribution in [-0.2, 0) is 0 Å². The Hall–Kier alpha value is -0.0400. The molecule has 1 rings (SSSR count). The van der Waals surface area contributed by atoms with Crippen molar-refractivity contribution in [3.8, 4) is 0 Å². The van der Waals surface area contributed by atoms with Gasteiger partial charge in [-0.05, 0) is 32.2 Å². The van der Waals surface area contributed by atoms with Gasteiger partial charge in [-0.2, -0.15) is 0 Å². The third-order valence-corrected chi connectivity index (χ3v) is 2.93. The molecular weight excluding hydrogens is 134 g/mol. The Kier molecular flexibility index (Phi) is 3.38. The lowest BCUT2D eigenvalue weighted by Crippen LogP contribution is -2.31. The van der Waals surface area contributed by atoms with E-state index in [4.69, 9.17) is 0 Å². The first kappa shape index (κ1) is 9.05. The second-order valence-corrected chi connectivity index (χ2v) is 4.00. The maximum Gasteiger partial charge on any atom is 0.00675 e. The Labute approximate surface area is 70.8 Å². The Bertz CT molecular complexity index is 111. The first-order chi connectivity index (χ1) is 5.24. The van der Waals surface area contributed by atoms with Crippen molar-refractivity contribution in [1.82, 2.24) is 4.90 Å². The fourth-order valence-electron chi connectivity index (χ4n) is 1.79. The summed E-state index contributed by atoms with van der Waals surface area (Å²) in [5.41, 5.74) is 0. The molecule has 1 aliphatic rings. The van der Waals surface area contributed by atoms with Crippen molar-refractivity contribution in [3.05, 3.63) is 0 Å². The van der Waals surface area contributed by atoms with Gasteiger partial charge in [0, 0.05) is 12.6 Å². The van der Waals surface area contributed by atoms with E-state index in [1.54, 1.807) is 0 Å². The normalized spacial score (nSPS) is 29.2. The van der Waals surface area contributed by atoms with Crippen molar-refractivity contribution in [2.24, 2.45) is 5.92 Å². The van der Waals surface area contributed by atoms with Gasteiger partial charge in [-0.25, -0.2) is 0 Å². The van der Waals surface area contributed by atoms with E-state index >= 15 is 0 Å². The molecule has 0 aromatic rings. The van der Waals surface area contributed by atoms with E-state index in [-0.39, 0.29) is 0 Å². The molecule has 0 aromatic carbocycles. The summed E-state index contributed by atoms with van der Waals surface area (Å²) in [4.78, 5) is 2.63. The second kappa shape index (κ2) is 4.10. The van der Waals surface area contributed by atoms with Gasteiger partial charge < -0.3 is 4.90 Å². The van der Waals surface area contributed by atoms with Gasteiger partial charge in [0.25, 0.3) is 0 Å². The topological polar surface area (TPSA) is 3.24 Å².